The monoisotopic (exact) mass is 379 g/mol. The van der Waals surface area contributed by atoms with E-state index in [-0.39, 0.29) is 0 Å². The van der Waals surface area contributed by atoms with Crippen molar-refractivity contribution < 1.29 is 14.5 Å². The van der Waals surface area contributed by atoms with Gasteiger partial charge in [-0.2, -0.15) is 0 Å². The molecule has 5 rings (SSSR count). The van der Waals surface area contributed by atoms with Gasteiger partial charge in [0.25, 0.3) is 0 Å². The number of fused-ring (bicyclic) bond motifs is 3. The average Bonchev–Trinajstić information content (AvgIpc) is 3.13. The third-order valence-corrected chi connectivity index (χ3v) is 5.11. The zero-order chi connectivity index (χ0) is 19.8. The van der Waals surface area contributed by atoms with E-state index in [1.54, 1.807) is 12.1 Å². The quantitative estimate of drug-likeness (QED) is 0.397. The summed E-state index contributed by atoms with van der Waals surface area (Å²) in [7, 11) is -1.47. The summed E-state index contributed by atoms with van der Waals surface area (Å²) in [4.78, 5) is 0. The number of hydrogen-bond donors (Lipinski definition) is 3. The van der Waals surface area contributed by atoms with Crippen molar-refractivity contribution in [3.63, 3.8) is 0 Å². The molecule has 0 atom stereocenters. The van der Waals surface area contributed by atoms with Crippen molar-refractivity contribution >= 4 is 45.9 Å². The van der Waals surface area contributed by atoms with Crippen LogP contribution < -0.4 is 10.8 Å². The molecule has 0 spiro atoms. The minimum Gasteiger partial charge on any atom is -0.456 e. The van der Waals surface area contributed by atoms with E-state index in [4.69, 9.17) is 4.42 Å². The van der Waals surface area contributed by atoms with Crippen LogP contribution in [0.25, 0.3) is 33.1 Å². The van der Waals surface area contributed by atoms with Gasteiger partial charge in [0.15, 0.2) is 0 Å². The Hall–Kier alpha value is -3.54. The Morgan fingerprint density at radius 2 is 1.34 bits per heavy atom. The molecule has 0 fully saturated rings. The van der Waals surface area contributed by atoms with Gasteiger partial charge >= 0.3 is 7.12 Å². The summed E-state index contributed by atoms with van der Waals surface area (Å²) in [6.45, 7) is 0. The zero-order valence-corrected chi connectivity index (χ0v) is 15.5. The van der Waals surface area contributed by atoms with Gasteiger partial charge in [0.2, 0.25) is 0 Å². The van der Waals surface area contributed by atoms with Gasteiger partial charge in [-0.25, -0.2) is 0 Å². The molecule has 0 bridgehead atoms. The minimum absolute atomic E-state index is 0.457. The first-order valence-electron chi connectivity index (χ1n) is 9.43. The van der Waals surface area contributed by atoms with E-state index in [0.717, 1.165) is 44.4 Å². The molecule has 0 aliphatic heterocycles. The lowest BCUT2D eigenvalue weighted by Crippen LogP contribution is -2.29. The number of benzene rings is 4. The highest BCUT2D eigenvalue weighted by atomic mass is 16.4. The third kappa shape index (κ3) is 3.16. The summed E-state index contributed by atoms with van der Waals surface area (Å²) in [5.74, 6) is 0. The first kappa shape index (κ1) is 17.6. The number of rotatable bonds is 4. The second-order valence-electron chi connectivity index (χ2n) is 6.94. The van der Waals surface area contributed by atoms with Gasteiger partial charge in [0.05, 0.1) is 0 Å². The van der Waals surface area contributed by atoms with Crippen molar-refractivity contribution in [1.29, 1.82) is 0 Å². The lowest BCUT2D eigenvalue weighted by molar-refractivity contribution is 0.426. The molecule has 0 radical (unpaired) electrons. The number of hydrogen-bond acceptors (Lipinski definition) is 4. The predicted octanol–water partition coefficient (Wildman–Crippen LogP) is 4.68. The first-order chi connectivity index (χ1) is 14.2. The fraction of sp³-hybridized carbons (Fsp3) is 0. The molecule has 3 N–H and O–H groups in total. The molecule has 29 heavy (non-hydrogen) atoms. The van der Waals surface area contributed by atoms with Crippen molar-refractivity contribution in [2.75, 3.05) is 5.32 Å². The molecule has 0 saturated carbocycles. The number of anilines is 2. The number of nitrogens with one attached hydrogen (secondary N) is 1. The summed E-state index contributed by atoms with van der Waals surface area (Å²) in [5, 5.41) is 24.2. The van der Waals surface area contributed by atoms with E-state index < -0.39 is 7.12 Å². The maximum atomic E-state index is 9.29. The van der Waals surface area contributed by atoms with Crippen molar-refractivity contribution in [1.82, 2.24) is 0 Å². The standard InChI is InChI=1S/C24H18BNO3/c27-25(28)16-12-14-17(15-13-16)26-21-9-3-1-6-18(21)19-8-5-11-23-24(19)20-7-2-4-10-22(20)29-23/h1-15,26-28H. The largest absolute Gasteiger partial charge is 0.488 e. The van der Waals surface area contributed by atoms with E-state index in [9.17, 15) is 10.0 Å². The van der Waals surface area contributed by atoms with Crippen LogP contribution >= 0.6 is 0 Å². The Morgan fingerprint density at radius 3 is 2.17 bits per heavy atom. The van der Waals surface area contributed by atoms with Crippen LogP contribution in [-0.4, -0.2) is 17.2 Å². The molecule has 0 amide bonds. The highest BCUT2D eigenvalue weighted by molar-refractivity contribution is 6.58. The summed E-state index contributed by atoms with van der Waals surface area (Å²) in [6.07, 6.45) is 0. The third-order valence-electron chi connectivity index (χ3n) is 5.11. The fourth-order valence-electron chi connectivity index (χ4n) is 3.72. The van der Waals surface area contributed by atoms with Gasteiger partial charge in [0, 0.05) is 27.7 Å². The van der Waals surface area contributed by atoms with E-state index in [1.165, 1.54) is 0 Å². The van der Waals surface area contributed by atoms with Crippen LogP contribution in [0.15, 0.2) is 95.4 Å². The van der Waals surface area contributed by atoms with Crippen LogP contribution in [0.4, 0.5) is 11.4 Å². The molecule has 5 aromatic rings. The average molecular weight is 379 g/mol. The Morgan fingerprint density at radius 1 is 0.655 bits per heavy atom. The SMILES string of the molecule is OB(O)c1ccc(Nc2ccccc2-c2cccc3oc4ccccc4c23)cc1. The fourth-order valence-corrected chi connectivity index (χ4v) is 3.72. The Labute approximate surface area is 168 Å². The summed E-state index contributed by atoms with van der Waals surface area (Å²) in [6, 6.07) is 29.4. The highest BCUT2D eigenvalue weighted by Crippen LogP contribution is 2.39. The summed E-state index contributed by atoms with van der Waals surface area (Å²) >= 11 is 0. The Balaban J connectivity index is 1.63. The highest BCUT2D eigenvalue weighted by Gasteiger charge is 2.15. The molecule has 0 aliphatic carbocycles. The van der Waals surface area contributed by atoms with Gasteiger partial charge in [0.1, 0.15) is 11.2 Å². The maximum absolute atomic E-state index is 9.29. The van der Waals surface area contributed by atoms with E-state index in [1.807, 2.05) is 60.7 Å². The molecule has 1 heterocycles. The van der Waals surface area contributed by atoms with E-state index in [2.05, 4.69) is 23.5 Å². The van der Waals surface area contributed by atoms with Gasteiger partial charge in [-0.3, -0.25) is 0 Å². The molecule has 0 unspecified atom stereocenters. The van der Waals surface area contributed by atoms with Crippen LogP contribution in [0.1, 0.15) is 0 Å². The Bertz CT molecular complexity index is 1310. The molecule has 1 aromatic heterocycles. The maximum Gasteiger partial charge on any atom is 0.488 e. The molecular formula is C24H18BNO3. The molecular weight excluding hydrogens is 361 g/mol. The van der Waals surface area contributed by atoms with Gasteiger partial charge in [-0.1, -0.05) is 60.7 Å². The van der Waals surface area contributed by atoms with Crippen molar-refractivity contribution in [3.05, 3.63) is 91.0 Å². The topological polar surface area (TPSA) is 65.6 Å². The Kier molecular flexibility index (Phi) is 4.32. The molecule has 0 saturated heterocycles. The van der Waals surface area contributed by atoms with Gasteiger partial charge in [-0.05, 0) is 41.4 Å². The molecule has 140 valence electrons. The van der Waals surface area contributed by atoms with Crippen LogP contribution in [0.3, 0.4) is 0 Å². The molecule has 4 aromatic carbocycles. The number of para-hydroxylation sites is 2. The minimum atomic E-state index is -1.47. The van der Waals surface area contributed by atoms with Crippen LogP contribution in [-0.2, 0) is 0 Å². The molecule has 0 aliphatic rings. The molecule has 4 nitrogen and oxygen atoms in total. The lowest BCUT2D eigenvalue weighted by atomic mass is 9.80. The molecule has 5 heteroatoms. The lowest BCUT2D eigenvalue weighted by Gasteiger charge is -2.13. The van der Waals surface area contributed by atoms with Crippen LogP contribution in [0.2, 0.25) is 0 Å². The zero-order valence-electron chi connectivity index (χ0n) is 15.5. The number of furan rings is 1. The van der Waals surface area contributed by atoms with Crippen molar-refractivity contribution in [2.24, 2.45) is 0 Å². The van der Waals surface area contributed by atoms with Crippen LogP contribution in [0.5, 0.6) is 0 Å². The van der Waals surface area contributed by atoms with E-state index >= 15 is 0 Å². The first-order valence-corrected chi connectivity index (χ1v) is 9.43. The smallest absolute Gasteiger partial charge is 0.456 e. The van der Waals surface area contributed by atoms with Crippen LogP contribution in [0, 0.1) is 0 Å². The predicted molar refractivity (Wildman–Crippen MR) is 119 cm³/mol. The normalized spacial score (nSPS) is 11.1. The van der Waals surface area contributed by atoms with Crippen molar-refractivity contribution in [3.8, 4) is 11.1 Å². The summed E-state index contributed by atoms with van der Waals surface area (Å²) < 4.78 is 6.04. The summed E-state index contributed by atoms with van der Waals surface area (Å²) in [5.41, 5.74) is 6.18. The van der Waals surface area contributed by atoms with E-state index in [0.29, 0.717) is 5.46 Å². The second kappa shape index (κ2) is 7.13. The second-order valence-corrected chi connectivity index (χ2v) is 6.94. The van der Waals surface area contributed by atoms with Gasteiger partial charge < -0.3 is 19.8 Å². The van der Waals surface area contributed by atoms with Gasteiger partial charge in [-0.15, -0.1) is 0 Å². The van der Waals surface area contributed by atoms with Crippen molar-refractivity contribution in [2.45, 2.75) is 0 Å².